The van der Waals surface area contributed by atoms with Crippen molar-refractivity contribution in [1.29, 1.82) is 0 Å². The van der Waals surface area contributed by atoms with Gasteiger partial charge in [-0.2, -0.15) is 0 Å². The predicted molar refractivity (Wildman–Crippen MR) is 168 cm³/mol. The van der Waals surface area contributed by atoms with E-state index in [9.17, 15) is 9.59 Å². The van der Waals surface area contributed by atoms with Crippen LogP contribution in [0.5, 0.6) is 0 Å². The average molecular weight is 563 g/mol. The monoisotopic (exact) mass is 562 g/mol. The fraction of sp³-hybridized carbons (Fsp3) is 0.324. The second-order valence-electron chi connectivity index (χ2n) is 8.98. The summed E-state index contributed by atoms with van der Waals surface area (Å²) in [7, 11) is 0. The summed E-state index contributed by atoms with van der Waals surface area (Å²) in [5.41, 5.74) is 6.80. The Morgan fingerprint density at radius 3 is 1.15 bits per heavy atom. The van der Waals surface area contributed by atoms with Gasteiger partial charge in [0.2, 0.25) is 0 Å². The van der Waals surface area contributed by atoms with Gasteiger partial charge >= 0.3 is 29.6 Å². The van der Waals surface area contributed by atoms with Crippen LogP contribution in [-0.2, 0) is 14.4 Å². The van der Waals surface area contributed by atoms with Gasteiger partial charge in [0.1, 0.15) is 18.3 Å². The zero-order valence-electron chi connectivity index (χ0n) is 27.0. The molecule has 40 heavy (non-hydrogen) atoms. The first-order valence-corrected chi connectivity index (χ1v) is 12.3. The van der Waals surface area contributed by atoms with Gasteiger partial charge in [0.05, 0.1) is 0 Å². The quantitative estimate of drug-likeness (QED) is 0.144. The Hall–Kier alpha value is -2.99. The second-order valence-corrected chi connectivity index (χ2v) is 8.98. The van der Waals surface area contributed by atoms with E-state index in [1.165, 1.54) is 28.9 Å². The number of allylic oxidation sites excluding steroid dienone is 17. The van der Waals surface area contributed by atoms with Crippen molar-refractivity contribution in [3.05, 3.63) is 119 Å². The summed E-state index contributed by atoms with van der Waals surface area (Å²) in [5, 5.41) is 17.7. The van der Waals surface area contributed by atoms with Crippen LogP contribution in [0.2, 0.25) is 0 Å². The van der Waals surface area contributed by atoms with Crippen LogP contribution in [0.4, 0.5) is 0 Å². The summed E-state index contributed by atoms with van der Waals surface area (Å²) in [6.07, 6.45) is 21.8. The van der Waals surface area contributed by atoms with Gasteiger partial charge in [-0.1, -0.05) is 84.1 Å². The van der Waals surface area contributed by atoms with Crippen molar-refractivity contribution < 1.29 is 54.2 Å². The summed E-state index contributed by atoms with van der Waals surface area (Å²) in [6.45, 7) is 27.7. The molecule has 0 fully saturated rings. The molecule has 0 aromatic heterocycles. The third-order valence-electron chi connectivity index (χ3n) is 3.16. The number of hydrogen-bond acceptors (Lipinski definition) is 5. The van der Waals surface area contributed by atoms with Crippen LogP contribution in [0.25, 0.3) is 0 Å². The second kappa shape index (κ2) is 38.2. The first-order valence-electron chi connectivity index (χ1n) is 12.3. The number of carboxylic acid groups (broad SMARTS) is 1. The fourth-order valence-corrected chi connectivity index (χ4v) is 1.63. The SMILES string of the molecule is C=C(O)/C=C(C)/C=C/C=C(C)C.C=CC=C(C)C.CC(=O)[O-].CC(C)=C/C=C/C(C)=C/C=O.CC(C)=CC=O.[Na+]. The molecule has 0 saturated heterocycles. The van der Waals surface area contributed by atoms with E-state index in [1.54, 1.807) is 12.2 Å². The maximum absolute atomic E-state index is 9.99. The Balaban J connectivity index is -0.0000000948. The zero-order chi connectivity index (χ0) is 31.8. The molecule has 0 aliphatic carbocycles. The minimum absolute atomic E-state index is 0. The van der Waals surface area contributed by atoms with Gasteiger partial charge in [0, 0.05) is 5.97 Å². The third kappa shape index (κ3) is 83.6. The average Bonchev–Trinajstić information content (AvgIpc) is 2.73. The zero-order valence-corrected chi connectivity index (χ0v) is 29.0. The molecule has 0 aliphatic rings. The Labute approximate surface area is 266 Å². The number of hydrogen-bond donors (Lipinski definition) is 1. The van der Waals surface area contributed by atoms with E-state index < -0.39 is 5.97 Å². The van der Waals surface area contributed by atoms with Crippen molar-refractivity contribution in [2.45, 2.75) is 76.2 Å². The van der Waals surface area contributed by atoms with Gasteiger partial charge in [-0.05, 0) is 106 Å². The van der Waals surface area contributed by atoms with Crippen LogP contribution in [-0.4, -0.2) is 23.6 Å². The first-order chi connectivity index (χ1) is 18.0. The van der Waals surface area contributed by atoms with Crippen LogP contribution in [0.1, 0.15) is 76.2 Å². The van der Waals surface area contributed by atoms with Gasteiger partial charge in [0.15, 0.2) is 0 Å². The van der Waals surface area contributed by atoms with E-state index in [4.69, 9.17) is 15.0 Å². The molecule has 0 radical (unpaired) electrons. The van der Waals surface area contributed by atoms with Gasteiger partial charge < -0.3 is 15.0 Å². The molecule has 0 aromatic rings. The molecule has 0 atom stereocenters. The van der Waals surface area contributed by atoms with Gasteiger partial charge in [0.25, 0.3) is 0 Å². The van der Waals surface area contributed by atoms with Crippen LogP contribution in [0, 0.1) is 0 Å². The fourth-order valence-electron chi connectivity index (χ4n) is 1.63. The number of carbonyl (C=O) groups is 3. The van der Waals surface area contributed by atoms with Gasteiger partial charge in [-0.25, -0.2) is 0 Å². The summed E-state index contributed by atoms with van der Waals surface area (Å²) in [4.78, 5) is 28.4. The number of aliphatic hydroxyl groups excluding tert-OH is 1. The topological polar surface area (TPSA) is 94.5 Å². The van der Waals surface area contributed by atoms with Crippen molar-refractivity contribution in [2.24, 2.45) is 0 Å². The Morgan fingerprint density at radius 1 is 0.625 bits per heavy atom. The van der Waals surface area contributed by atoms with E-state index in [2.05, 4.69) is 13.2 Å². The van der Waals surface area contributed by atoms with Gasteiger partial charge in [-0.3, -0.25) is 9.59 Å². The molecule has 0 spiro atoms. The van der Waals surface area contributed by atoms with Crippen LogP contribution < -0.4 is 34.7 Å². The standard InChI is InChI=1S/C11H16O.C10H14O.C6H10.C5H8O.C2H4O2.Na/c1-9(2)6-5-7-10(3)8-11(4)12;1-9(2)5-4-6-10(3)7-8-11;1-4-5-6(2)3;1-5(2)3-4-6;1-2(3)4;/h5-8,12H,4H2,1-3H3;4-8H,1-3H3;4-5H,1H2,2-3H3;3-4H,1-2H3;1H3,(H,3,4);/q;;;;;+1/p-1/b7-5+,10-8+;6-4+,10-7+;;;;. The van der Waals surface area contributed by atoms with Crippen LogP contribution in [0.3, 0.4) is 0 Å². The molecule has 0 bridgehead atoms. The molecule has 0 saturated carbocycles. The van der Waals surface area contributed by atoms with Crippen LogP contribution >= 0.6 is 0 Å². The minimum atomic E-state index is -1.08. The summed E-state index contributed by atoms with van der Waals surface area (Å²) in [5.74, 6) is -0.991. The third-order valence-corrected chi connectivity index (χ3v) is 3.16. The van der Waals surface area contributed by atoms with E-state index in [0.717, 1.165) is 36.2 Å². The van der Waals surface area contributed by atoms with Crippen molar-refractivity contribution in [2.75, 3.05) is 0 Å². The van der Waals surface area contributed by atoms with Crippen molar-refractivity contribution in [1.82, 2.24) is 0 Å². The van der Waals surface area contributed by atoms with Crippen molar-refractivity contribution in [3.63, 3.8) is 0 Å². The molecule has 0 aromatic carbocycles. The van der Waals surface area contributed by atoms with Crippen molar-refractivity contribution in [3.8, 4) is 0 Å². The van der Waals surface area contributed by atoms with E-state index >= 15 is 0 Å². The number of carbonyl (C=O) groups excluding carboxylic acids is 3. The van der Waals surface area contributed by atoms with Crippen LogP contribution in [0.15, 0.2) is 119 Å². The maximum atomic E-state index is 9.99. The Kier molecular flexibility index (Phi) is 47.6. The molecular weight excluding hydrogens is 511 g/mol. The molecule has 1 N–H and O–H groups in total. The molecular formula is C34H51NaO5. The number of aliphatic hydroxyl groups is 1. The molecule has 6 heteroatoms. The molecule has 0 aliphatic heterocycles. The summed E-state index contributed by atoms with van der Waals surface area (Å²) < 4.78 is 0. The van der Waals surface area contributed by atoms with Gasteiger partial charge in [-0.15, -0.1) is 0 Å². The number of aliphatic carboxylic acids is 1. The molecule has 0 heterocycles. The van der Waals surface area contributed by atoms with E-state index in [1.807, 2.05) is 112 Å². The smallest absolute Gasteiger partial charge is 0.550 e. The minimum Gasteiger partial charge on any atom is -0.550 e. The normalized spacial score (nSPS) is 9.47. The van der Waals surface area contributed by atoms with E-state index in [-0.39, 0.29) is 35.3 Å². The Bertz CT molecular complexity index is 924. The number of carboxylic acids is 1. The first kappa shape index (κ1) is 49.9. The maximum Gasteiger partial charge on any atom is 1.00 e. The summed E-state index contributed by atoms with van der Waals surface area (Å²) >= 11 is 0. The predicted octanol–water partition coefficient (Wildman–Crippen LogP) is 5.23. The molecule has 0 rings (SSSR count). The Morgan fingerprint density at radius 2 is 0.950 bits per heavy atom. The largest absolute Gasteiger partial charge is 1.00 e. The van der Waals surface area contributed by atoms with E-state index in [0.29, 0.717) is 0 Å². The molecule has 0 unspecified atom stereocenters. The number of rotatable bonds is 8. The number of aldehydes is 2. The molecule has 0 amide bonds. The molecule has 5 nitrogen and oxygen atoms in total. The molecule has 218 valence electrons. The van der Waals surface area contributed by atoms with Crippen molar-refractivity contribution >= 4 is 18.5 Å². The summed E-state index contributed by atoms with van der Waals surface area (Å²) in [6, 6.07) is 0.